The van der Waals surface area contributed by atoms with E-state index in [-0.39, 0.29) is 6.10 Å². The van der Waals surface area contributed by atoms with Crippen molar-refractivity contribution in [2.75, 3.05) is 5.32 Å². The number of H-pyrrole nitrogens is 1. The summed E-state index contributed by atoms with van der Waals surface area (Å²) >= 11 is 1.70. The zero-order valence-corrected chi connectivity index (χ0v) is 16.7. The molecule has 0 amide bonds. The van der Waals surface area contributed by atoms with Gasteiger partial charge in [-0.1, -0.05) is 18.2 Å². The number of anilines is 2. The Bertz CT molecular complexity index is 1300. The predicted molar refractivity (Wildman–Crippen MR) is 116 cm³/mol. The first-order valence-corrected chi connectivity index (χ1v) is 10.1. The van der Waals surface area contributed by atoms with Gasteiger partial charge in [0.2, 0.25) is 5.82 Å². The van der Waals surface area contributed by atoms with Crippen molar-refractivity contribution in [1.29, 1.82) is 0 Å². The van der Waals surface area contributed by atoms with Crippen LogP contribution in [0.25, 0.3) is 32.4 Å². The molecule has 2 N–H and O–H groups in total. The van der Waals surface area contributed by atoms with Crippen LogP contribution >= 0.6 is 11.3 Å². The zero-order chi connectivity index (χ0) is 19.8. The van der Waals surface area contributed by atoms with Gasteiger partial charge < -0.3 is 10.1 Å². The summed E-state index contributed by atoms with van der Waals surface area (Å²) in [5, 5.41) is 22.0. The second-order valence-corrected chi connectivity index (χ2v) is 7.83. The Labute approximate surface area is 170 Å². The van der Waals surface area contributed by atoms with Gasteiger partial charge in [0.15, 0.2) is 0 Å². The Hall–Kier alpha value is -3.52. The maximum absolute atomic E-state index is 5.81. The summed E-state index contributed by atoms with van der Waals surface area (Å²) in [4.78, 5) is 4.90. The van der Waals surface area contributed by atoms with E-state index in [2.05, 4.69) is 43.5 Å². The third-order valence-electron chi connectivity index (χ3n) is 4.47. The molecule has 0 spiro atoms. The summed E-state index contributed by atoms with van der Waals surface area (Å²) in [5.41, 5.74) is 2.67. The van der Waals surface area contributed by atoms with Crippen molar-refractivity contribution >= 4 is 43.8 Å². The number of thiophene rings is 1. The van der Waals surface area contributed by atoms with Gasteiger partial charge in [0.1, 0.15) is 11.6 Å². The Morgan fingerprint density at radius 1 is 1.07 bits per heavy atom. The third-order valence-corrected chi connectivity index (χ3v) is 5.41. The van der Waals surface area contributed by atoms with E-state index in [0.29, 0.717) is 5.82 Å². The molecular weight excluding hydrogens is 384 g/mol. The van der Waals surface area contributed by atoms with Crippen LogP contribution in [0.5, 0.6) is 5.75 Å². The number of fused-ring (bicyclic) bond motifs is 3. The minimum atomic E-state index is 0.121. The van der Waals surface area contributed by atoms with Crippen molar-refractivity contribution < 1.29 is 4.74 Å². The molecule has 0 bridgehead atoms. The van der Waals surface area contributed by atoms with Crippen LogP contribution in [-0.2, 0) is 0 Å². The molecule has 0 aliphatic rings. The number of ether oxygens (including phenoxy) is 1. The summed E-state index contributed by atoms with van der Waals surface area (Å²) in [6.07, 6.45) is 0.121. The lowest BCUT2D eigenvalue weighted by atomic mass is 10.1. The number of nitrogens with one attached hydrogen (secondary N) is 2. The van der Waals surface area contributed by atoms with Gasteiger partial charge in [-0.15, -0.1) is 21.5 Å². The quantitative estimate of drug-likeness (QED) is 0.422. The van der Waals surface area contributed by atoms with E-state index in [1.807, 2.05) is 50.2 Å². The number of pyridine rings is 1. The number of hydrogen-bond acceptors (Lipinski definition) is 7. The Kier molecular flexibility index (Phi) is 4.33. The molecule has 0 fully saturated rings. The molecule has 2 aromatic carbocycles. The molecule has 0 saturated carbocycles. The molecule has 0 atom stereocenters. The second-order valence-electron chi connectivity index (χ2n) is 6.91. The highest BCUT2D eigenvalue weighted by atomic mass is 32.1. The van der Waals surface area contributed by atoms with Gasteiger partial charge in [0, 0.05) is 32.8 Å². The molecule has 5 rings (SSSR count). The van der Waals surface area contributed by atoms with Gasteiger partial charge in [-0.3, -0.25) is 0 Å². The third kappa shape index (κ3) is 3.38. The van der Waals surface area contributed by atoms with E-state index in [9.17, 15) is 0 Å². The average Bonchev–Trinajstić information content (AvgIpc) is 3.40. The van der Waals surface area contributed by atoms with E-state index >= 15 is 0 Å². The lowest BCUT2D eigenvalue weighted by molar-refractivity contribution is 0.242. The highest BCUT2D eigenvalue weighted by molar-refractivity contribution is 7.18. The fourth-order valence-electron chi connectivity index (χ4n) is 3.28. The Morgan fingerprint density at radius 3 is 2.83 bits per heavy atom. The highest BCUT2D eigenvalue weighted by Crippen LogP contribution is 2.36. The van der Waals surface area contributed by atoms with E-state index in [4.69, 9.17) is 9.72 Å². The van der Waals surface area contributed by atoms with E-state index in [1.54, 1.807) is 11.3 Å². The summed E-state index contributed by atoms with van der Waals surface area (Å²) in [7, 11) is 0. The summed E-state index contributed by atoms with van der Waals surface area (Å²) in [6.45, 7) is 4.03. The van der Waals surface area contributed by atoms with Crippen LogP contribution in [0, 0.1) is 0 Å². The molecule has 144 valence electrons. The molecule has 5 aromatic rings. The molecule has 0 aliphatic carbocycles. The summed E-state index contributed by atoms with van der Waals surface area (Å²) in [6, 6.07) is 16.1. The summed E-state index contributed by atoms with van der Waals surface area (Å²) in [5.74, 6) is 2.18. The van der Waals surface area contributed by atoms with Gasteiger partial charge in [0.05, 0.1) is 11.6 Å². The number of nitrogens with zero attached hydrogens (tertiary/aromatic N) is 4. The van der Waals surface area contributed by atoms with Crippen LogP contribution in [0.1, 0.15) is 13.8 Å². The van der Waals surface area contributed by atoms with Gasteiger partial charge in [-0.05, 0) is 48.7 Å². The Balaban J connectivity index is 1.60. The van der Waals surface area contributed by atoms with E-state index in [0.717, 1.165) is 39.1 Å². The molecule has 0 saturated heterocycles. The van der Waals surface area contributed by atoms with E-state index in [1.165, 1.54) is 4.70 Å². The number of hydrogen-bond donors (Lipinski definition) is 2. The van der Waals surface area contributed by atoms with Crippen molar-refractivity contribution in [3.63, 3.8) is 0 Å². The van der Waals surface area contributed by atoms with Gasteiger partial charge in [0.25, 0.3) is 0 Å². The first-order valence-electron chi connectivity index (χ1n) is 9.26. The lowest BCUT2D eigenvalue weighted by Gasteiger charge is -2.13. The standard InChI is InChI=1S/C21H18N6OS/c1-12(2)28-15-5-3-4-14(11-15)22-21-17-8-9-29-19(17)16-7-6-13(10-18(16)23-21)20-24-26-27-25-20/h3-12H,1-2H3,(H,22,23)(H,24,25,26,27). The predicted octanol–water partition coefficient (Wildman–Crippen LogP) is 5.16. The number of aromatic nitrogens is 5. The SMILES string of the molecule is CC(C)Oc1cccc(Nc2nc3cc(-c4nn[nH]n4)ccc3c3sccc23)c1. The minimum absolute atomic E-state index is 0.121. The smallest absolute Gasteiger partial charge is 0.204 e. The van der Waals surface area contributed by atoms with Crippen molar-refractivity contribution in [2.24, 2.45) is 0 Å². The Morgan fingerprint density at radius 2 is 2.00 bits per heavy atom. The van der Waals surface area contributed by atoms with Crippen LogP contribution < -0.4 is 10.1 Å². The first-order chi connectivity index (χ1) is 14.2. The molecule has 29 heavy (non-hydrogen) atoms. The fourth-order valence-corrected chi connectivity index (χ4v) is 4.21. The van der Waals surface area contributed by atoms with Crippen molar-refractivity contribution in [2.45, 2.75) is 20.0 Å². The van der Waals surface area contributed by atoms with Crippen LogP contribution in [-0.4, -0.2) is 31.7 Å². The summed E-state index contributed by atoms with van der Waals surface area (Å²) < 4.78 is 7.00. The topological polar surface area (TPSA) is 88.6 Å². The minimum Gasteiger partial charge on any atom is -0.491 e. The maximum Gasteiger partial charge on any atom is 0.204 e. The molecule has 0 radical (unpaired) electrons. The molecule has 8 heteroatoms. The number of rotatable bonds is 5. The monoisotopic (exact) mass is 402 g/mol. The van der Waals surface area contributed by atoms with Gasteiger partial charge in [-0.2, -0.15) is 5.21 Å². The van der Waals surface area contributed by atoms with Crippen molar-refractivity contribution in [3.8, 4) is 17.1 Å². The second kappa shape index (κ2) is 7.14. The normalized spacial score (nSPS) is 11.4. The average molecular weight is 402 g/mol. The van der Waals surface area contributed by atoms with Crippen molar-refractivity contribution in [3.05, 3.63) is 53.9 Å². The van der Waals surface area contributed by atoms with Gasteiger partial charge >= 0.3 is 0 Å². The number of tetrazole rings is 1. The molecule has 0 aliphatic heterocycles. The van der Waals surface area contributed by atoms with Crippen LogP contribution in [0.4, 0.5) is 11.5 Å². The largest absolute Gasteiger partial charge is 0.491 e. The van der Waals surface area contributed by atoms with Crippen LogP contribution in [0.15, 0.2) is 53.9 Å². The number of aromatic amines is 1. The highest BCUT2D eigenvalue weighted by Gasteiger charge is 2.12. The molecule has 7 nitrogen and oxygen atoms in total. The first kappa shape index (κ1) is 17.6. The van der Waals surface area contributed by atoms with Gasteiger partial charge in [-0.25, -0.2) is 4.98 Å². The van der Waals surface area contributed by atoms with Crippen molar-refractivity contribution in [1.82, 2.24) is 25.6 Å². The molecule has 0 unspecified atom stereocenters. The zero-order valence-electron chi connectivity index (χ0n) is 15.9. The maximum atomic E-state index is 5.81. The molecular formula is C21H18N6OS. The van der Waals surface area contributed by atoms with E-state index < -0.39 is 0 Å². The molecule has 3 aromatic heterocycles. The van der Waals surface area contributed by atoms with Crippen LogP contribution in [0.3, 0.4) is 0 Å². The fraction of sp³-hybridized carbons (Fsp3) is 0.143. The number of benzene rings is 2. The lowest BCUT2D eigenvalue weighted by Crippen LogP contribution is -2.05. The van der Waals surface area contributed by atoms with Crippen LogP contribution in [0.2, 0.25) is 0 Å². The molecule has 3 heterocycles.